The fourth-order valence-electron chi connectivity index (χ4n) is 3.68. The summed E-state index contributed by atoms with van der Waals surface area (Å²) < 4.78 is 12.3. The third-order valence-corrected chi connectivity index (χ3v) is 5.69. The minimum atomic E-state index is -0.550. The third-order valence-electron chi connectivity index (χ3n) is 5.47. The molecule has 0 unspecified atom stereocenters. The van der Waals surface area contributed by atoms with Crippen LogP contribution in [0, 0.1) is 0 Å². The first-order chi connectivity index (χ1) is 17.1. The van der Waals surface area contributed by atoms with E-state index in [9.17, 15) is 14.4 Å². The Labute approximate surface area is 213 Å². The molecule has 1 aliphatic rings. The second kappa shape index (κ2) is 10.4. The molecule has 11 heteroatoms. The van der Waals surface area contributed by atoms with Gasteiger partial charge in [-0.2, -0.15) is 0 Å². The quantitative estimate of drug-likeness (QED) is 0.557. The molecule has 4 heterocycles. The molecule has 0 aliphatic carbocycles. The van der Waals surface area contributed by atoms with Crippen LogP contribution in [0.4, 0.5) is 10.6 Å². The highest BCUT2D eigenvalue weighted by Crippen LogP contribution is 2.17. The monoisotopic (exact) mass is 513 g/mol. The van der Waals surface area contributed by atoms with Gasteiger partial charge in [0.1, 0.15) is 29.5 Å². The maximum absolute atomic E-state index is 12.8. The van der Waals surface area contributed by atoms with E-state index in [4.69, 9.17) is 21.1 Å². The molecule has 4 rings (SSSR count). The molecule has 1 saturated heterocycles. The van der Waals surface area contributed by atoms with Gasteiger partial charge in [0.15, 0.2) is 0 Å². The van der Waals surface area contributed by atoms with Crippen molar-refractivity contribution in [3.8, 4) is 11.4 Å². The Morgan fingerprint density at radius 1 is 1.08 bits per heavy atom. The van der Waals surface area contributed by atoms with E-state index >= 15 is 0 Å². The van der Waals surface area contributed by atoms with Crippen molar-refractivity contribution < 1.29 is 14.3 Å². The van der Waals surface area contributed by atoms with Crippen molar-refractivity contribution >= 4 is 23.5 Å². The first kappa shape index (κ1) is 25.3. The van der Waals surface area contributed by atoms with E-state index in [2.05, 4.69) is 9.97 Å². The van der Waals surface area contributed by atoms with Gasteiger partial charge < -0.3 is 24.3 Å². The fraction of sp³-hybridized carbons (Fsp3) is 0.360. The number of hydrogen-bond donors (Lipinski definition) is 1. The molecule has 1 N–H and O–H groups in total. The Balaban J connectivity index is 1.40. The van der Waals surface area contributed by atoms with Gasteiger partial charge in [-0.15, -0.1) is 0 Å². The number of anilines is 1. The van der Waals surface area contributed by atoms with Crippen LogP contribution in [0.2, 0.25) is 5.02 Å². The van der Waals surface area contributed by atoms with Crippen molar-refractivity contribution in [3.05, 3.63) is 80.2 Å². The van der Waals surface area contributed by atoms with E-state index in [1.165, 1.54) is 23.0 Å². The van der Waals surface area contributed by atoms with E-state index < -0.39 is 16.7 Å². The van der Waals surface area contributed by atoms with Crippen LogP contribution in [0.5, 0.6) is 5.75 Å². The van der Waals surface area contributed by atoms with Crippen molar-refractivity contribution in [2.75, 3.05) is 31.1 Å². The van der Waals surface area contributed by atoms with Crippen molar-refractivity contribution in [1.82, 2.24) is 19.4 Å². The lowest BCUT2D eigenvalue weighted by atomic mass is 10.2. The second-order valence-corrected chi connectivity index (χ2v) is 9.78. The minimum absolute atomic E-state index is 0.178. The Hall–Kier alpha value is -3.79. The van der Waals surface area contributed by atoms with Crippen molar-refractivity contribution in [1.29, 1.82) is 0 Å². The van der Waals surface area contributed by atoms with Crippen LogP contribution in [-0.4, -0.2) is 57.3 Å². The zero-order valence-electron chi connectivity index (χ0n) is 20.4. The zero-order valence-corrected chi connectivity index (χ0v) is 21.1. The average Bonchev–Trinajstić information content (AvgIpc) is 2.83. The molecule has 0 aromatic carbocycles. The van der Waals surface area contributed by atoms with Gasteiger partial charge in [0, 0.05) is 44.6 Å². The summed E-state index contributed by atoms with van der Waals surface area (Å²) in [4.78, 5) is 48.4. The summed E-state index contributed by atoms with van der Waals surface area (Å²) in [5.41, 5.74) is -0.486. The maximum Gasteiger partial charge on any atom is 0.410 e. The van der Waals surface area contributed by atoms with Crippen molar-refractivity contribution in [2.45, 2.75) is 33.0 Å². The lowest BCUT2D eigenvalue weighted by Gasteiger charge is -2.36. The lowest BCUT2D eigenvalue weighted by molar-refractivity contribution is 0.0240. The highest BCUT2D eigenvalue weighted by Gasteiger charge is 2.26. The molecular weight excluding hydrogens is 486 g/mol. The van der Waals surface area contributed by atoms with E-state index in [1.54, 1.807) is 35.2 Å². The highest BCUT2D eigenvalue weighted by molar-refractivity contribution is 6.30. The Morgan fingerprint density at radius 3 is 2.44 bits per heavy atom. The normalized spacial score (nSPS) is 14.0. The van der Waals surface area contributed by atoms with Crippen LogP contribution in [0.3, 0.4) is 0 Å². The molecule has 0 spiro atoms. The predicted octanol–water partition coefficient (Wildman–Crippen LogP) is 3.21. The molecular formula is C25H28ClN5O5. The van der Waals surface area contributed by atoms with Crippen LogP contribution in [0.25, 0.3) is 5.69 Å². The Morgan fingerprint density at radius 2 is 1.83 bits per heavy atom. The number of hydrogen-bond acceptors (Lipinski definition) is 7. The van der Waals surface area contributed by atoms with Gasteiger partial charge >= 0.3 is 6.09 Å². The number of halogens is 1. The van der Waals surface area contributed by atoms with Crippen LogP contribution >= 0.6 is 11.6 Å². The van der Waals surface area contributed by atoms with E-state index in [1.807, 2.05) is 25.7 Å². The van der Waals surface area contributed by atoms with Crippen molar-refractivity contribution in [3.63, 3.8) is 0 Å². The molecule has 1 aliphatic heterocycles. The minimum Gasteiger partial charge on any atom is -0.487 e. The Bertz CT molecular complexity index is 1340. The first-order valence-corrected chi connectivity index (χ1v) is 11.9. The summed E-state index contributed by atoms with van der Waals surface area (Å²) in [6.45, 7) is 7.72. The molecule has 190 valence electrons. The third kappa shape index (κ3) is 6.25. The molecule has 1 fully saturated rings. The number of amides is 1. The van der Waals surface area contributed by atoms with Crippen LogP contribution in [0.15, 0.2) is 58.4 Å². The number of aromatic amines is 1. The molecule has 1 amide bonds. The Kier molecular flexibility index (Phi) is 7.35. The number of nitrogens with zero attached hydrogens (tertiary/aromatic N) is 4. The second-order valence-electron chi connectivity index (χ2n) is 9.34. The summed E-state index contributed by atoms with van der Waals surface area (Å²) in [5, 5.41) is 0.528. The summed E-state index contributed by atoms with van der Waals surface area (Å²) in [7, 11) is 0. The topological polar surface area (TPSA) is 110 Å². The molecule has 0 radical (unpaired) electrons. The number of ether oxygens (including phenoxy) is 2. The highest BCUT2D eigenvalue weighted by atomic mass is 35.5. The molecule has 36 heavy (non-hydrogen) atoms. The van der Waals surface area contributed by atoms with Gasteiger partial charge in [-0.05, 0) is 51.1 Å². The van der Waals surface area contributed by atoms with Crippen molar-refractivity contribution in [2.24, 2.45) is 0 Å². The smallest absolute Gasteiger partial charge is 0.410 e. The average molecular weight is 514 g/mol. The fourth-order valence-corrected chi connectivity index (χ4v) is 3.80. The molecule has 3 aromatic rings. The largest absolute Gasteiger partial charge is 0.487 e. The number of carbonyl (C=O) groups is 1. The molecule has 0 bridgehead atoms. The number of carbonyl (C=O) groups excluding carboxylic acids is 1. The van der Waals surface area contributed by atoms with Gasteiger partial charge in [-0.25, -0.2) is 4.79 Å². The summed E-state index contributed by atoms with van der Waals surface area (Å²) in [6, 6.07) is 9.74. The lowest BCUT2D eigenvalue weighted by Crippen LogP contribution is -2.50. The van der Waals surface area contributed by atoms with Gasteiger partial charge in [0.05, 0.1) is 10.7 Å². The standard InChI is InChI=1S/C25H28ClN5O5/c1-25(2,3)36-24(34)30-12-10-29(11-13-30)21-7-6-20(23(33)28-21)31-9-8-19(14-22(31)32)35-16-18-5-4-17(26)15-27-18/h4-9,14-15H,10-13,16H2,1-3H3,(H,28,33). The van der Waals surface area contributed by atoms with Gasteiger partial charge in [0.25, 0.3) is 11.1 Å². The van der Waals surface area contributed by atoms with Crippen LogP contribution in [0.1, 0.15) is 26.5 Å². The van der Waals surface area contributed by atoms with Gasteiger partial charge in [-0.1, -0.05) is 11.6 Å². The SMILES string of the molecule is CC(C)(C)OC(=O)N1CCN(c2ccc(-n3ccc(OCc4ccc(Cl)cn4)cc3=O)c(=O)[nH]2)CC1. The van der Waals surface area contributed by atoms with Gasteiger partial charge in [-0.3, -0.25) is 19.1 Å². The van der Waals surface area contributed by atoms with E-state index in [-0.39, 0.29) is 18.4 Å². The molecule has 3 aromatic heterocycles. The van der Waals surface area contributed by atoms with Crippen LogP contribution < -0.4 is 20.8 Å². The first-order valence-electron chi connectivity index (χ1n) is 11.5. The van der Waals surface area contributed by atoms with E-state index in [0.717, 1.165) is 0 Å². The maximum atomic E-state index is 12.8. The zero-order chi connectivity index (χ0) is 25.9. The number of pyridine rings is 3. The summed E-state index contributed by atoms with van der Waals surface area (Å²) in [5.74, 6) is 0.986. The summed E-state index contributed by atoms with van der Waals surface area (Å²) >= 11 is 5.83. The summed E-state index contributed by atoms with van der Waals surface area (Å²) in [6.07, 6.45) is 2.67. The molecule has 0 atom stereocenters. The van der Waals surface area contributed by atoms with Gasteiger partial charge in [0.2, 0.25) is 0 Å². The van der Waals surface area contributed by atoms with E-state index in [0.29, 0.717) is 48.5 Å². The number of H-pyrrole nitrogens is 1. The van der Waals surface area contributed by atoms with Crippen LogP contribution in [-0.2, 0) is 11.3 Å². The number of aromatic nitrogens is 3. The number of piperazine rings is 1. The number of nitrogens with one attached hydrogen (secondary N) is 1. The predicted molar refractivity (Wildman–Crippen MR) is 136 cm³/mol. The molecule has 0 saturated carbocycles. The molecule has 10 nitrogen and oxygen atoms in total. The number of rotatable bonds is 5.